The molecule has 0 saturated carbocycles. The van der Waals surface area contributed by atoms with Gasteiger partial charge in [0.25, 0.3) is 0 Å². The Bertz CT molecular complexity index is 290. The minimum Gasteiger partial charge on any atom is -0.435 e. The number of pyridine rings is 1. The Labute approximate surface area is 79.6 Å². The second-order valence-corrected chi connectivity index (χ2v) is 1.81. The predicted molar refractivity (Wildman–Crippen MR) is 39.3 cm³/mol. The average molecular weight is 317 g/mol. The number of allylic oxidation sites excluding steroid dienone is 1. The second kappa shape index (κ2) is 5.08. The van der Waals surface area contributed by atoms with Crippen molar-refractivity contribution in [2.45, 2.75) is 6.92 Å². The molecule has 0 aliphatic heterocycles. The van der Waals surface area contributed by atoms with Crippen LogP contribution in [0.3, 0.4) is 0 Å². The molecule has 0 aliphatic carbocycles. The van der Waals surface area contributed by atoms with Gasteiger partial charge < -0.3 is 17.1 Å². The molecule has 0 amide bonds. The summed E-state index contributed by atoms with van der Waals surface area (Å²) in [6.07, 6.45) is 4.45. The number of aromatic nitrogens is 1. The van der Waals surface area contributed by atoms with Crippen molar-refractivity contribution < 1.29 is 21.1 Å². The molecule has 0 radical (unpaired) electrons. The fourth-order valence-electron chi connectivity index (χ4n) is 0.640. The third-order valence-electron chi connectivity index (χ3n) is 1.02. The van der Waals surface area contributed by atoms with Crippen molar-refractivity contribution in [3.8, 4) is 0 Å². The summed E-state index contributed by atoms with van der Waals surface area (Å²) >= 11 is 0. The van der Waals surface area contributed by atoms with Gasteiger partial charge in [-0.15, -0.1) is 6.92 Å². The monoisotopic (exact) mass is 317 g/mol. The maximum absolute atomic E-state index is 10.6. The maximum Gasteiger partial charge on any atom is 2.00 e. The number of hydrogen-bond donors (Lipinski definition) is 1. The molecule has 1 aromatic rings. The molecule has 1 heterocycles. The van der Waals surface area contributed by atoms with Gasteiger partial charge in [0.1, 0.15) is 0 Å². The summed E-state index contributed by atoms with van der Waals surface area (Å²) in [5.74, 6) is 0. The van der Waals surface area contributed by atoms with E-state index in [1.165, 1.54) is 6.07 Å². The van der Waals surface area contributed by atoms with Crippen LogP contribution in [0, 0.1) is 12.1 Å². The van der Waals surface area contributed by atoms with Crippen LogP contribution in [0.5, 0.6) is 0 Å². The zero-order valence-electron chi connectivity index (χ0n) is 6.05. The summed E-state index contributed by atoms with van der Waals surface area (Å²) < 4.78 is 0. The number of H-pyrrole nitrogens is 1. The molecule has 1 N–H and O–H groups in total. The van der Waals surface area contributed by atoms with Crippen LogP contribution in [-0.4, -0.2) is 4.98 Å². The molecular formula is C8H7NOW. The van der Waals surface area contributed by atoms with E-state index in [9.17, 15) is 4.79 Å². The SMILES string of the molecule is C[C-]=Cc1[c-]ccc(=O)[nH]1.[W+2]. The van der Waals surface area contributed by atoms with E-state index < -0.39 is 0 Å². The Balaban J connectivity index is 0.000001000. The molecule has 0 atom stereocenters. The number of hydrogen-bond acceptors (Lipinski definition) is 1. The molecule has 56 valence electrons. The van der Waals surface area contributed by atoms with Crippen LogP contribution < -0.4 is 5.56 Å². The van der Waals surface area contributed by atoms with Crippen LogP contribution in [0.4, 0.5) is 0 Å². The van der Waals surface area contributed by atoms with E-state index >= 15 is 0 Å². The number of aromatic amines is 1. The van der Waals surface area contributed by atoms with Gasteiger partial charge in [-0.05, 0) is 0 Å². The molecule has 3 heteroatoms. The Morgan fingerprint density at radius 1 is 1.73 bits per heavy atom. The first-order valence-electron chi connectivity index (χ1n) is 2.94. The fraction of sp³-hybridized carbons (Fsp3) is 0.125. The first-order valence-corrected chi connectivity index (χ1v) is 2.94. The third-order valence-corrected chi connectivity index (χ3v) is 1.02. The van der Waals surface area contributed by atoms with Gasteiger partial charge in [0.05, 0.1) is 0 Å². The first-order chi connectivity index (χ1) is 4.83. The Morgan fingerprint density at radius 3 is 3.00 bits per heavy atom. The second-order valence-electron chi connectivity index (χ2n) is 1.81. The summed E-state index contributed by atoms with van der Waals surface area (Å²) in [6.45, 7) is 1.76. The molecule has 0 fully saturated rings. The molecule has 2 nitrogen and oxygen atoms in total. The molecule has 0 bridgehead atoms. The summed E-state index contributed by atoms with van der Waals surface area (Å²) in [7, 11) is 0. The van der Waals surface area contributed by atoms with Crippen molar-refractivity contribution in [1.82, 2.24) is 4.98 Å². The van der Waals surface area contributed by atoms with Crippen LogP contribution in [0.2, 0.25) is 0 Å². The molecule has 0 aromatic carbocycles. The Hall–Kier alpha value is -0.622. The Kier molecular flexibility index (Phi) is 4.80. The summed E-state index contributed by atoms with van der Waals surface area (Å²) in [5.41, 5.74) is 0.551. The minimum atomic E-state index is -0.111. The molecule has 1 aromatic heterocycles. The normalized spacial score (nSPS) is 9.55. The van der Waals surface area contributed by atoms with Crippen LogP contribution >= 0.6 is 0 Å². The van der Waals surface area contributed by atoms with Gasteiger partial charge >= 0.3 is 21.1 Å². The zero-order valence-corrected chi connectivity index (χ0v) is 8.98. The van der Waals surface area contributed by atoms with E-state index in [1.807, 2.05) is 0 Å². The smallest absolute Gasteiger partial charge is 0.435 e. The predicted octanol–water partition coefficient (Wildman–Crippen LogP) is 1.01. The standard InChI is InChI=1S/C8H7NO.W/c1-2-4-7-5-3-6-8(10)9-7;/h3-4,6H,1H3,(H,9,10);/q-2;+2. The van der Waals surface area contributed by atoms with Gasteiger partial charge in [-0.25, -0.2) is 5.69 Å². The van der Waals surface area contributed by atoms with Gasteiger partial charge in [0, 0.05) is 0 Å². The number of nitrogens with one attached hydrogen (secondary N) is 1. The minimum absolute atomic E-state index is 0. The van der Waals surface area contributed by atoms with E-state index in [4.69, 9.17) is 0 Å². The largest absolute Gasteiger partial charge is 2.00 e. The quantitative estimate of drug-likeness (QED) is 0.771. The third kappa shape index (κ3) is 3.33. The topological polar surface area (TPSA) is 32.9 Å². The summed E-state index contributed by atoms with van der Waals surface area (Å²) in [6, 6.07) is 5.85. The van der Waals surface area contributed by atoms with Gasteiger partial charge in [-0.1, -0.05) is 6.07 Å². The first kappa shape index (κ1) is 10.4. The van der Waals surface area contributed by atoms with Gasteiger partial charge in [-0.2, -0.15) is 6.07 Å². The van der Waals surface area contributed by atoms with E-state index in [0.29, 0.717) is 5.69 Å². The van der Waals surface area contributed by atoms with Crippen molar-refractivity contribution in [2.75, 3.05) is 0 Å². The van der Waals surface area contributed by atoms with Gasteiger partial charge in [0.15, 0.2) is 5.56 Å². The van der Waals surface area contributed by atoms with Crippen molar-refractivity contribution in [1.29, 1.82) is 0 Å². The molecule has 0 aliphatic rings. The van der Waals surface area contributed by atoms with E-state index in [0.717, 1.165) is 0 Å². The van der Waals surface area contributed by atoms with Crippen LogP contribution in [0.15, 0.2) is 16.9 Å². The maximum atomic E-state index is 10.6. The van der Waals surface area contributed by atoms with E-state index in [-0.39, 0.29) is 26.6 Å². The average Bonchev–Trinajstić information content (AvgIpc) is 1.88. The zero-order chi connectivity index (χ0) is 7.40. The Morgan fingerprint density at radius 2 is 2.45 bits per heavy atom. The molecule has 0 spiro atoms. The van der Waals surface area contributed by atoms with E-state index in [2.05, 4.69) is 17.1 Å². The van der Waals surface area contributed by atoms with Crippen LogP contribution in [0.25, 0.3) is 6.08 Å². The summed E-state index contributed by atoms with van der Waals surface area (Å²) in [5, 5.41) is 0. The van der Waals surface area contributed by atoms with Crippen molar-refractivity contribution in [3.05, 3.63) is 40.3 Å². The van der Waals surface area contributed by atoms with Gasteiger partial charge in [0.2, 0.25) is 0 Å². The van der Waals surface area contributed by atoms with Crippen molar-refractivity contribution in [3.63, 3.8) is 0 Å². The molecule has 1 rings (SSSR count). The van der Waals surface area contributed by atoms with Crippen LogP contribution in [0.1, 0.15) is 12.6 Å². The van der Waals surface area contributed by atoms with E-state index in [1.54, 1.807) is 19.1 Å². The number of rotatable bonds is 1. The van der Waals surface area contributed by atoms with Gasteiger partial charge in [-0.3, -0.25) is 10.9 Å². The molecule has 11 heavy (non-hydrogen) atoms. The molecule has 0 saturated heterocycles. The fourth-order valence-corrected chi connectivity index (χ4v) is 0.640. The summed E-state index contributed by atoms with van der Waals surface area (Å²) in [4.78, 5) is 13.2. The van der Waals surface area contributed by atoms with Crippen molar-refractivity contribution in [2.24, 2.45) is 0 Å². The molecule has 0 unspecified atom stereocenters. The van der Waals surface area contributed by atoms with Crippen molar-refractivity contribution >= 4 is 6.08 Å². The van der Waals surface area contributed by atoms with Crippen LogP contribution in [-0.2, 0) is 21.1 Å². The molecular weight excluding hydrogens is 310 g/mol.